The molecule has 2 aromatic carbocycles. The lowest BCUT2D eigenvalue weighted by Gasteiger charge is -2.25. The number of halogens is 1. The molecule has 0 heterocycles. The van der Waals surface area contributed by atoms with Gasteiger partial charge in [0, 0.05) is 29.5 Å². The molecule has 0 radical (unpaired) electrons. The van der Waals surface area contributed by atoms with Crippen molar-refractivity contribution in [1.29, 1.82) is 0 Å². The Hall–Kier alpha value is -2.64. The number of aliphatic hydroxyl groups excluding tert-OH is 1. The molecule has 0 spiro atoms. The van der Waals surface area contributed by atoms with Crippen molar-refractivity contribution in [2.75, 3.05) is 0 Å². The lowest BCUT2D eigenvalue weighted by Crippen LogP contribution is -2.16. The van der Waals surface area contributed by atoms with Crippen LogP contribution in [0, 0.1) is 11.8 Å². The molecule has 260 valence electrons. The quantitative estimate of drug-likeness (QED) is 0.0482. The number of benzene rings is 2. The SMILES string of the molecule is CCCC[C@@H](Cl)CCCC[C@H](C)[C@@H](O)c1cc(O)c([C@@H](CCCC)CCCC[C@H](C)[C@@H](OC(C)=O)c2cc(O)cc(O)c2)c(O)c1. The average molecular weight is 663 g/mol. The smallest absolute Gasteiger partial charge is 0.303 e. The Balaban J connectivity index is 2.03. The molecule has 0 aliphatic carbocycles. The van der Waals surface area contributed by atoms with Crippen LogP contribution in [0.15, 0.2) is 30.3 Å². The first-order chi connectivity index (χ1) is 21.9. The van der Waals surface area contributed by atoms with Crippen molar-refractivity contribution in [3.63, 3.8) is 0 Å². The Labute approximate surface area is 282 Å². The molecular weight excluding hydrogens is 604 g/mol. The Morgan fingerprint density at radius 2 is 1.17 bits per heavy atom. The van der Waals surface area contributed by atoms with Crippen molar-refractivity contribution in [3.05, 3.63) is 47.0 Å². The number of carbonyl (C=O) groups is 1. The minimum atomic E-state index is -0.785. The van der Waals surface area contributed by atoms with Gasteiger partial charge in [-0.3, -0.25) is 4.79 Å². The van der Waals surface area contributed by atoms with E-state index in [2.05, 4.69) is 13.8 Å². The van der Waals surface area contributed by atoms with Gasteiger partial charge in [-0.2, -0.15) is 0 Å². The van der Waals surface area contributed by atoms with E-state index >= 15 is 0 Å². The standard InChI is InChI=1S/C38H59ClO7/c1-6-8-16-28(17-12-10-15-26(4)38(46-27(5)40)30-20-32(41)24-33(42)21-30)36-34(43)22-29(23-35(36)44)37(45)25(3)14-11-13-19-31(39)18-9-7-2/h20-26,28,31,37-38,41-45H,6-19H2,1-5H3/t25-,26-,28-,31+,37+,38+/m0/s1. The second kappa shape index (κ2) is 20.6. The third-order valence-electron chi connectivity index (χ3n) is 9.18. The molecule has 0 fully saturated rings. The molecule has 46 heavy (non-hydrogen) atoms. The Morgan fingerprint density at radius 1 is 0.696 bits per heavy atom. The summed E-state index contributed by atoms with van der Waals surface area (Å²) in [5, 5.41) is 53.4. The predicted octanol–water partition coefficient (Wildman–Crippen LogP) is 10.3. The van der Waals surface area contributed by atoms with Gasteiger partial charge < -0.3 is 30.3 Å². The molecule has 0 saturated heterocycles. The molecular formula is C38H59ClO7. The maximum absolute atomic E-state index is 11.8. The average Bonchev–Trinajstić information content (AvgIpc) is 2.99. The normalized spacial score (nSPS) is 15.5. The second-order valence-corrected chi connectivity index (χ2v) is 13.9. The summed E-state index contributed by atoms with van der Waals surface area (Å²) in [5.41, 5.74) is 1.61. The summed E-state index contributed by atoms with van der Waals surface area (Å²) in [5.74, 6) is -0.705. The topological polar surface area (TPSA) is 127 Å². The summed E-state index contributed by atoms with van der Waals surface area (Å²) in [6.07, 6.45) is 11.7. The van der Waals surface area contributed by atoms with E-state index in [0.717, 1.165) is 89.9 Å². The number of hydrogen-bond donors (Lipinski definition) is 5. The highest BCUT2D eigenvalue weighted by Gasteiger charge is 2.26. The number of phenolic OH excluding ortho intramolecular Hbond substituents is 4. The monoisotopic (exact) mass is 662 g/mol. The van der Waals surface area contributed by atoms with Crippen LogP contribution in [-0.2, 0) is 9.53 Å². The number of phenols is 4. The molecule has 2 rings (SSSR count). The predicted molar refractivity (Wildman–Crippen MR) is 186 cm³/mol. The number of esters is 1. The van der Waals surface area contributed by atoms with Crippen LogP contribution < -0.4 is 0 Å². The minimum Gasteiger partial charge on any atom is -0.508 e. The number of unbranched alkanes of at least 4 members (excludes halogenated alkanes) is 4. The van der Waals surface area contributed by atoms with E-state index in [1.165, 1.54) is 25.1 Å². The van der Waals surface area contributed by atoms with Gasteiger partial charge in [-0.25, -0.2) is 0 Å². The zero-order valence-corrected chi connectivity index (χ0v) is 29.4. The largest absolute Gasteiger partial charge is 0.508 e. The van der Waals surface area contributed by atoms with Gasteiger partial charge in [-0.15, -0.1) is 11.6 Å². The van der Waals surface area contributed by atoms with Crippen LogP contribution in [0.4, 0.5) is 0 Å². The molecule has 0 unspecified atom stereocenters. The molecule has 7 nitrogen and oxygen atoms in total. The lowest BCUT2D eigenvalue weighted by molar-refractivity contribution is -0.149. The van der Waals surface area contributed by atoms with E-state index in [4.69, 9.17) is 16.3 Å². The minimum absolute atomic E-state index is 0.0217. The van der Waals surface area contributed by atoms with Crippen LogP contribution >= 0.6 is 11.6 Å². The summed E-state index contributed by atoms with van der Waals surface area (Å²) < 4.78 is 5.58. The number of alkyl halides is 1. The first-order valence-corrected chi connectivity index (χ1v) is 17.9. The van der Waals surface area contributed by atoms with Crippen molar-refractivity contribution < 1.29 is 35.1 Å². The van der Waals surface area contributed by atoms with E-state index in [1.54, 1.807) is 12.1 Å². The van der Waals surface area contributed by atoms with Gasteiger partial charge in [-0.05, 0) is 86.1 Å². The maximum atomic E-state index is 11.8. The second-order valence-electron chi connectivity index (χ2n) is 13.3. The first-order valence-electron chi connectivity index (χ1n) is 17.5. The summed E-state index contributed by atoms with van der Waals surface area (Å²) >= 11 is 6.42. The van der Waals surface area contributed by atoms with Crippen LogP contribution in [0.25, 0.3) is 0 Å². The molecule has 0 aliphatic heterocycles. The van der Waals surface area contributed by atoms with Gasteiger partial charge in [0.15, 0.2) is 0 Å². The fourth-order valence-corrected chi connectivity index (χ4v) is 6.80. The number of aliphatic hydroxyl groups is 1. The third-order valence-corrected chi connectivity index (χ3v) is 9.61. The van der Waals surface area contributed by atoms with Gasteiger partial charge in [0.2, 0.25) is 0 Å². The summed E-state index contributed by atoms with van der Waals surface area (Å²) in [7, 11) is 0. The van der Waals surface area contributed by atoms with Crippen molar-refractivity contribution in [3.8, 4) is 23.0 Å². The number of rotatable bonds is 22. The molecule has 0 aliphatic rings. The lowest BCUT2D eigenvalue weighted by atomic mass is 9.84. The molecule has 0 aromatic heterocycles. The fraction of sp³-hybridized carbons (Fsp3) is 0.658. The summed E-state index contributed by atoms with van der Waals surface area (Å²) in [6, 6.07) is 7.48. The molecule has 8 heteroatoms. The molecule has 6 atom stereocenters. The molecule has 0 saturated carbocycles. The highest BCUT2D eigenvalue weighted by molar-refractivity contribution is 6.20. The highest BCUT2D eigenvalue weighted by Crippen LogP contribution is 2.43. The maximum Gasteiger partial charge on any atom is 0.303 e. The van der Waals surface area contributed by atoms with E-state index in [-0.39, 0.29) is 46.1 Å². The molecule has 2 aromatic rings. The number of hydrogen-bond acceptors (Lipinski definition) is 7. The van der Waals surface area contributed by atoms with Gasteiger partial charge >= 0.3 is 5.97 Å². The zero-order chi connectivity index (χ0) is 34.2. The van der Waals surface area contributed by atoms with Gasteiger partial charge in [-0.1, -0.05) is 79.1 Å². The van der Waals surface area contributed by atoms with Crippen LogP contribution in [0.5, 0.6) is 23.0 Å². The summed E-state index contributed by atoms with van der Waals surface area (Å²) in [6.45, 7) is 9.61. The Kier molecular flexibility index (Phi) is 17.7. The van der Waals surface area contributed by atoms with Crippen LogP contribution in [-0.4, -0.2) is 36.9 Å². The van der Waals surface area contributed by atoms with Crippen LogP contribution in [0.1, 0.15) is 159 Å². The van der Waals surface area contributed by atoms with Crippen LogP contribution in [0.2, 0.25) is 0 Å². The van der Waals surface area contributed by atoms with Crippen LogP contribution in [0.3, 0.4) is 0 Å². The van der Waals surface area contributed by atoms with Crippen molar-refractivity contribution in [2.45, 2.75) is 148 Å². The van der Waals surface area contributed by atoms with Gasteiger partial charge in [0.25, 0.3) is 0 Å². The Morgan fingerprint density at radius 3 is 1.74 bits per heavy atom. The zero-order valence-electron chi connectivity index (χ0n) is 28.7. The first kappa shape index (κ1) is 39.5. The Bertz CT molecular complexity index is 1140. The fourth-order valence-electron chi connectivity index (χ4n) is 6.49. The van der Waals surface area contributed by atoms with E-state index in [9.17, 15) is 30.3 Å². The van der Waals surface area contributed by atoms with Crippen molar-refractivity contribution >= 4 is 17.6 Å². The molecule has 5 N–H and O–H groups in total. The molecule has 0 bridgehead atoms. The number of aromatic hydroxyl groups is 4. The van der Waals surface area contributed by atoms with E-state index in [0.29, 0.717) is 16.7 Å². The van der Waals surface area contributed by atoms with Crippen molar-refractivity contribution in [2.24, 2.45) is 11.8 Å². The third kappa shape index (κ3) is 13.2. The van der Waals surface area contributed by atoms with Gasteiger partial charge in [0.1, 0.15) is 29.1 Å². The number of ether oxygens (including phenoxy) is 1. The van der Waals surface area contributed by atoms with E-state index in [1.807, 2.05) is 13.8 Å². The molecule has 0 amide bonds. The van der Waals surface area contributed by atoms with Crippen molar-refractivity contribution in [1.82, 2.24) is 0 Å². The summed E-state index contributed by atoms with van der Waals surface area (Å²) in [4.78, 5) is 11.8. The van der Waals surface area contributed by atoms with E-state index < -0.39 is 18.2 Å². The highest BCUT2D eigenvalue weighted by atomic mass is 35.5. The van der Waals surface area contributed by atoms with Gasteiger partial charge in [0.05, 0.1) is 6.10 Å². The number of carbonyl (C=O) groups excluding carboxylic acids is 1.